The van der Waals surface area contributed by atoms with Crippen LogP contribution >= 0.6 is 0 Å². The molecule has 0 N–H and O–H groups in total. The number of fused-ring (bicyclic) bond motifs is 2. The lowest BCUT2D eigenvalue weighted by Gasteiger charge is -2.51. The van der Waals surface area contributed by atoms with Gasteiger partial charge in [-0.1, -0.05) is 0 Å². The minimum Gasteiger partial charge on any atom is -0.476 e. The summed E-state index contributed by atoms with van der Waals surface area (Å²) < 4.78 is 11.2. The van der Waals surface area contributed by atoms with E-state index in [1.807, 2.05) is 0 Å². The first-order chi connectivity index (χ1) is 7.36. The Kier molecular flexibility index (Phi) is 2.09. The third-order valence-corrected chi connectivity index (χ3v) is 3.37. The summed E-state index contributed by atoms with van der Waals surface area (Å²) in [6.07, 6.45) is 8.86. The van der Waals surface area contributed by atoms with Crippen molar-refractivity contribution in [3.05, 3.63) is 18.6 Å². The van der Waals surface area contributed by atoms with E-state index in [0.29, 0.717) is 17.4 Å². The van der Waals surface area contributed by atoms with Crippen LogP contribution in [0.15, 0.2) is 18.6 Å². The molecule has 0 aromatic carbocycles. The molecule has 1 saturated carbocycles. The molecular formula is C11H14N2O2. The highest BCUT2D eigenvalue weighted by Gasteiger charge is 2.48. The largest absolute Gasteiger partial charge is 0.476 e. The third kappa shape index (κ3) is 1.69. The predicted molar refractivity (Wildman–Crippen MR) is 53.6 cm³/mol. The van der Waals surface area contributed by atoms with Gasteiger partial charge in [-0.2, -0.15) is 0 Å². The topological polar surface area (TPSA) is 44.2 Å². The van der Waals surface area contributed by atoms with Crippen LogP contribution < -0.4 is 4.74 Å². The maximum absolute atomic E-state index is 5.66. The summed E-state index contributed by atoms with van der Waals surface area (Å²) in [6, 6.07) is 0. The zero-order valence-electron chi connectivity index (χ0n) is 8.56. The molecule has 4 nitrogen and oxygen atoms in total. The average molecular weight is 206 g/mol. The number of hydrogen-bond acceptors (Lipinski definition) is 4. The Balaban J connectivity index is 1.58. The Morgan fingerprint density at radius 3 is 3.07 bits per heavy atom. The second-order valence-electron chi connectivity index (χ2n) is 4.48. The molecule has 0 unspecified atom stereocenters. The zero-order chi connectivity index (χ0) is 10.1. The van der Waals surface area contributed by atoms with Crippen LogP contribution in [0.4, 0.5) is 0 Å². The molecule has 15 heavy (non-hydrogen) atoms. The van der Waals surface area contributed by atoms with E-state index in [1.165, 1.54) is 0 Å². The molecule has 0 amide bonds. The first-order valence-electron chi connectivity index (χ1n) is 5.37. The second-order valence-corrected chi connectivity index (χ2v) is 4.48. The zero-order valence-corrected chi connectivity index (χ0v) is 8.56. The highest BCUT2D eigenvalue weighted by atomic mass is 16.5. The minimum absolute atomic E-state index is 0.362. The van der Waals surface area contributed by atoms with Crippen LogP contribution in [0.5, 0.6) is 5.88 Å². The standard InChI is InChI=1S/C11H14N2O2/c1-4-14-9-5-11(1,6-9)8-15-10-7-12-2-3-13-10/h2-3,7,9H,1,4-6,8H2. The third-order valence-electron chi connectivity index (χ3n) is 3.37. The van der Waals surface area contributed by atoms with E-state index in [1.54, 1.807) is 18.6 Å². The fourth-order valence-electron chi connectivity index (χ4n) is 2.45. The van der Waals surface area contributed by atoms with Crippen molar-refractivity contribution in [1.29, 1.82) is 0 Å². The van der Waals surface area contributed by atoms with Crippen LogP contribution in [0.2, 0.25) is 0 Å². The average Bonchev–Trinajstić information content (AvgIpc) is 2.28. The molecule has 1 aromatic heterocycles. The van der Waals surface area contributed by atoms with E-state index < -0.39 is 0 Å². The molecule has 0 atom stereocenters. The summed E-state index contributed by atoms with van der Waals surface area (Å²) in [4.78, 5) is 8.07. The molecule has 1 aromatic rings. The second kappa shape index (κ2) is 3.45. The van der Waals surface area contributed by atoms with Gasteiger partial charge < -0.3 is 9.47 Å². The molecule has 2 aliphatic heterocycles. The SMILES string of the molecule is c1cnc(OCC23CCOC(C2)C3)cn1. The highest BCUT2D eigenvalue weighted by molar-refractivity contribution is 5.04. The summed E-state index contributed by atoms with van der Waals surface area (Å²) >= 11 is 0. The lowest BCUT2D eigenvalue weighted by molar-refractivity contribution is -0.160. The van der Waals surface area contributed by atoms with E-state index in [4.69, 9.17) is 9.47 Å². The Hall–Kier alpha value is -1.16. The van der Waals surface area contributed by atoms with E-state index >= 15 is 0 Å². The van der Waals surface area contributed by atoms with Gasteiger partial charge in [0.25, 0.3) is 0 Å². The molecule has 0 radical (unpaired) electrons. The predicted octanol–water partition coefficient (Wildman–Crippen LogP) is 1.42. The van der Waals surface area contributed by atoms with Crippen LogP contribution in [0, 0.1) is 5.41 Å². The van der Waals surface area contributed by atoms with Gasteiger partial charge in [-0.25, -0.2) is 4.98 Å². The number of aromatic nitrogens is 2. The molecule has 0 spiro atoms. The molecule has 2 bridgehead atoms. The summed E-state index contributed by atoms with van der Waals surface area (Å²) in [6.45, 7) is 1.64. The molecule has 4 heteroatoms. The lowest BCUT2D eigenvalue weighted by Crippen LogP contribution is -2.51. The number of hydrogen-bond donors (Lipinski definition) is 0. The summed E-state index contributed by atoms with van der Waals surface area (Å²) in [5, 5.41) is 0. The summed E-state index contributed by atoms with van der Waals surface area (Å²) in [7, 11) is 0. The Bertz CT molecular complexity index is 330. The molecule has 3 fully saturated rings. The van der Waals surface area contributed by atoms with Gasteiger partial charge in [-0.3, -0.25) is 4.98 Å². The van der Waals surface area contributed by atoms with E-state index in [2.05, 4.69) is 9.97 Å². The van der Waals surface area contributed by atoms with Gasteiger partial charge in [0.1, 0.15) is 0 Å². The summed E-state index contributed by atoms with van der Waals surface area (Å²) in [5.74, 6) is 0.627. The summed E-state index contributed by atoms with van der Waals surface area (Å²) in [5.41, 5.74) is 0.362. The highest BCUT2D eigenvalue weighted by Crippen LogP contribution is 2.49. The maximum atomic E-state index is 5.66. The van der Waals surface area contributed by atoms with Gasteiger partial charge in [-0.15, -0.1) is 0 Å². The van der Waals surface area contributed by atoms with E-state index in [-0.39, 0.29) is 0 Å². The fraction of sp³-hybridized carbons (Fsp3) is 0.636. The quantitative estimate of drug-likeness (QED) is 0.750. The maximum Gasteiger partial charge on any atom is 0.232 e. The van der Waals surface area contributed by atoms with Crippen molar-refractivity contribution < 1.29 is 9.47 Å². The van der Waals surface area contributed by atoms with Crippen molar-refractivity contribution in [1.82, 2.24) is 9.97 Å². The van der Waals surface area contributed by atoms with Gasteiger partial charge in [-0.05, 0) is 19.3 Å². The van der Waals surface area contributed by atoms with Crippen molar-refractivity contribution in [2.24, 2.45) is 5.41 Å². The number of ether oxygens (including phenoxy) is 2. The first kappa shape index (κ1) is 9.09. The van der Waals surface area contributed by atoms with Crippen LogP contribution in [0.1, 0.15) is 19.3 Å². The normalized spacial score (nSPS) is 33.2. The molecular weight excluding hydrogens is 192 g/mol. The smallest absolute Gasteiger partial charge is 0.232 e. The molecule has 80 valence electrons. The Morgan fingerprint density at radius 1 is 1.47 bits per heavy atom. The van der Waals surface area contributed by atoms with Crippen molar-refractivity contribution in [2.75, 3.05) is 13.2 Å². The van der Waals surface area contributed by atoms with Gasteiger partial charge in [0, 0.05) is 24.4 Å². The lowest BCUT2D eigenvalue weighted by atomic mass is 9.63. The number of rotatable bonds is 3. The molecule has 2 saturated heterocycles. The van der Waals surface area contributed by atoms with Crippen molar-refractivity contribution in [3.8, 4) is 5.88 Å². The van der Waals surface area contributed by atoms with Gasteiger partial charge in [0.15, 0.2) is 0 Å². The van der Waals surface area contributed by atoms with Crippen molar-refractivity contribution in [2.45, 2.75) is 25.4 Å². The Morgan fingerprint density at radius 2 is 2.40 bits per heavy atom. The van der Waals surface area contributed by atoms with Gasteiger partial charge >= 0.3 is 0 Å². The van der Waals surface area contributed by atoms with Gasteiger partial charge in [0.2, 0.25) is 5.88 Å². The van der Waals surface area contributed by atoms with Crippen LogP contribution in [0.25, 0.3) is 0 Å². The van der Waals surface area contributed by atoms with Crippen molar-refractivity contribution >= 4 is 0 Å². The monoisotopic (exact) mass is 206 g/mol. The van der Waals surface area contributed by atoms with E-state index in [9.17, 15) is 0 Å². The van der Waals surface area contributed by atoms with Crippen LogP contribution in [-0.4, -0.2) is 29.3 Å². The Labute approximate surface area is 88.6 Å². The van der Waals surface area contributed by atoms with Crippen LogP contribution in [0.3, 0.4) is 0 Å². The first-order valence-corrected chi connectivity index (χ1v) is 5.37. The molecule has 3 aliphatic rings. The van der Waals surface area contributed by atoms with Crippen molar-refractivity contribution in [3.63, 3.8) is 0 Å². The fourth-order valence-corrected chi connectivity index (χ4v) is 2.45. The van der Waals surface area contributed by atoms with E-state index in [0.717, 1.165) is 32.5 Å². The number of nitrogens with zero attached hydrogens (tertiary/aromatic N) is 2. The van der Waals surface area contributed by atoms with Gasteiger partial charge in [0.05, 0.1) is 18.9 Å². The molecule has 4 rings (SSSR count). The molecule has 1 aliphatic carbocycles. The minimum atomic E-state index is 0.362. The van der Waals surface area contributed by atoms with Crippen LogP contribution in [-0.2, 0) is 4.74 Å². The molecule has 3 heterocycles.